The maximum absolute atomic E-state index is 13.1. The van der Waals surface area contributed by atoms with Crippen molar-refractivity contribution in [3.63, 3.8) is 0 Å². The Morgan fingerprint density at radius 2 is 1.82 bits per heavy atom. The Morgan fingerprint density at radius 3 is 2.35 bits per heavy atom. The van der Waals surface area contributed by atoms with Crippen molar-refractivity contribution in [1.82, 2.24) is 10.2 Å². The molecule has 2 saturated heterocycles. The first-order chi connectivity index (χ1) is 16.4. The minimum atomic E-state index is -1.02. The Balaban J connectivity index is 0.000000720. The maximum atomic E-state index is 13.1. The van der Waals surface area contributed by atoms with E-state index in [1.54, 1.807) is 0 Å². The number of hydrogen-bond acceptors (Lipinski definition) is 7. The summed E-state index contributed by atoms with van der Waals surface area (Å²) in [4.78, 5) is 37.7. The summed E-state index contributed by atoms with van der Waals surface area (Å²) in [5.41, 5.74) is 6.57. The Kier molecular flexibility index (Phi) is 12.0. The van der Waals surface area contributed by atoms with Gasteiger partial charge in [-0.3, -0.25) is 14.9 Å². The first-order valence-corrected chi connectivity index (χ1v) is 11.9. The zero-order valence-electron chi connectivity index (χ0n) is 19.5. The number of aryl methyl sites for hydroxylation is 1. The van der Waals surface area contributed by atoms with Gasteiger partial charge in [0.15, 0.2) is 0 Å². The number of benzene rings is 1. The lowest BCUT2D eigenvalue weighted by Crippen LogP contribution is -2.54. The van der Waals surface area contributed by atoms with Crippen LogP contribution in [0.3, 0.4) is 0 Å². The van der Waals surface area contributed by atoms with Crippen LogP contribution in [0.25, 0.3) is 0 Å². The smallest absolute Gasteiger partial charge is 0.326 e. The molecule has 34 heavy (non-hydrogen) atoms. The van der Waals surface area contributed by atoms with E-state index in [0.717, 1.165) is 18.6 Å². The van der Waals surface area contributed by atoms with Gasteiger partial charge in [-0.05, 0) is 50.6 Å². The molecule has 1 unspecified atom stereocenters. The van der Waals surface area contributed by atoms with E-state index in [9.17, 15) is 24.6 Å². The fourth-order valence-corrected chi connectivity index (χ4v) is 3.91. The van der Waals surface area contributed by atoms with Gasteiger partial charge in [0.1, 0.15) is 18.2 Å². The van der Waals surface area contributed by atoms with Gasteiger partial charge in [0.25, 0.3) is 0 Å². The molecular formula is C24H37N3O7. The highest BCUT2D eigenvalue weighted by Gasteiger charge is 2.38. The van der Waals surface area contributed by atoms with E-state index >= 15 is 0 Å². The first kappa shape index (κ1) is 27.7. The predicted octanol–water partition coefficient (Wildman–Crippen LogP) is 0.613. The summed E-state index contributed by atoms with van der Waals surface area (Å²) in [7, 11) is 0. The minimum Gasteiger partial charge on any atom is -0.480 e. The van der Waals surface area contributed by atoms with Crippen LogP contribution < -0.4 is 11.1 Å². The zero-order valence-corrected chi connectivity index (χ0v) is 19.5. The normalized spacial score (nSPS) is 20.7. The zero-order chi connectivity index (χ0) is 24.9. The average molecular weight is 480 g/mol. The van der Waals surface area contributed by atoms with E-state index in [1.165, 1.54) is 4.90 Å². The second-order valence-electron chi connectivity index (χ2n) is 8.58. The lowest BCUT2D eigenvalue weighted by molar-refractivity contribution is -0.149. The molecular weight excluding hydrogens is 442 g/mol. The first-order valence-electron chi connectivity index (χ1n) is 11.9. The molecule has 1 aromatic carbocycles. The van der Waals surface area contributed by atoms with Crippen LogP contribution in [0.15, 0.2) is 30.3 Å². The van der Waals surface area contributed by atoms with Gasteiger partial charge in [-0.1, -0.05) is 36.8 Å². The number of nitrogens with zero attached hydrogens (tertiary/aromatic N) is 1. The summed E-state index contributed by atoms with van der Waals surface area (Å²) >= 11 is 0. The van der Waals surface area contributed by atoms with E-state index in [2.05, 4.69) is 10.1 Å². The van der Waals surface area contributed by atoms with Gasteiger partial charge in [0.2, 0.25) is 5.91 Å². The number of hydrogen-bond donors (Lipinski definition) is 5. The molecule has 0 bridgehead atoms. The molecule has 0 aromatic heterocycles. The van der Waals surface area contributed by atoms with Gasteiger partial charge in [0, 0.05) is 6.54 Å². The quantitative estimate of drug-likeness (QED) is 0.201. The Bertz CT molecular complexity index is 773. The number of unbranched alkanes of at least 4 members (excludes halogenated alkanes) is 1. The van der Waals surface area contributed by atoms with Crippen molar-refractivity contribution in [3.8, 4) is 0 Å². The number of carboxylic acids is 2. The molecule has 10 heteroatoms. The Morgan fingerprint density at radius 1 is 1.12 bits per heavy atom. The van der Waals surface area contributed by atoms with E-state index in [0.29, 0.717) is 51.6 Å². The molecule has 0 aliphatic carbocycles. The highest BCUT2D eigenvalue weighted by Crippen LogP contribution is 2.20. The summed E-state index contributed by atoms with van der Waals surface area (Å²) in [5.74, 6) is -2.37. The van der Waals surface area contributed by atoms with Crippen molar-refractivity contribution >= 4 is 17.8 Å². The molecule has 0 saturated carbocycles. The lowest BCUT2D eigenvalue weighted by Gasteiger charge is -2.29. The summed E-state index contributed by atoms with van der Waals surface area (Å²) < 4.78 is 4.61. The van der Waals surface area contributed by atoms with Gasteiger partial charge >= 0.3 is 11.9 Å². The minimum absolute atomic E-state index is 0.190. The van der Waals surface area contributed by atoms with Crippen LogP contribution in [-0.4, -0.2) is 88.6 Å². The van der Waals surface area contributed by atoms with Crippen molar-refractivity contribution < 1.29 is 34.4 Å². The number of nitrogens with two attached hydrogens (primary N) is 1. The summed E-state index contributed by atoms with van der Waals surface area (Å²) in [6.45, 7) is 1.82. The van der Waals surface area contributed by atoms with Crippen molar-refractivity contribution in [2.45, 2.75) is 69.2 Å². The molecule has 190 valence electrons. The number of likely N-dealkylation sites (tertiary alicyclic amines) is 1. The molecule has 6 N–H and O–H groups in total. The third kappa shape index (κ3) is 9.38. The second kappa shape index (κ2) is 14.7. The fraction of sp³-hybridized carbons (Fsp3) is 0.625. The van der Waals surface area contributed by atoms with Crippen LogP contribution in [0.5, 0.6) is 0 Å². The van der Waals surface area contributed by atoms with Crippen molar-refractivity contribution in [2.75, 3.05) is 26.3 Å². The lowest BCUT2D eigenvalue weighted by atomic mass is 10.0. The number of aliphatic hydroxyl groups excluding tert-OH is 1. The fourth-order valence-electron chi connectivity index (χ4n) is 3.91. The molecule has 1 aromatic rings. The van der Waals surface area contributed by atoms with Crippen molar-refractivity contribution in [3.05, 3.63) is 35.9 Å². The summed E-state index contributed by atoms with van der Waals surface area (Å²) in [6.07, 6.45) is 3.95. The molecule has 0 spiro atoms. The third-order valence-electron chi connectivity index (χ3n) is 5.94. The molecule has 2 aliphatic heterocycles. The van der Waals surface area contributed by atoms with Crippen LogP contribution in [-0.2, 0) is 25.5 Å². The van der Waals surface area contributed by atoms with Crippen LogP contribution in [0.2, 0.25) is 0 Å². The van der Waals surface area contributed by atoms with E-state index in [1.807, 2.05) is 30.3 Å². The standard InChI is InChI=1S/C21H31N3O5.C3H6O2/c22-13-5-4-9-16(19(25)24-14-6-10-18(24)21(28)29)23-17(20(26)27)12-11-15-7-2-1-3-8-15;4-1-3-2-5-3/h1-3,7-8,16-18,23H,4-6,9-14,22H2,(H,26,27)(H,28,29);3-4H,1-2H2/t16-,17-,18-;/m0./s1. The SMILES string of the molecule is NCCCC[C@H](N[C@@H](CCc1ccccc1)C(=O)O)C(=O)N1CCC[C@H]1C(=O)O.OCC1CO1. The maximum Gasteiger partial charge on any atom is 0.326 e. The number of ether oxygens (including phenoxy) is 1. The number of carbonyl (C=O) groups is 3. The van der Waals surface area contributed by atoms with Crippen LogP contribution >= 0.6 is 0 Å². The van der Waals surface area contributed by atoms with Crippen molar-refractivity contribution in [1.29, 1.82) is 0 Å². The number of epoxide rings is 1. The molecule has 2 aliphatic rings. The topological polar surface area (TPSA) is 166 Å². The monoisotopic (exact) mass is 479 g/mol. The number of carbonyl (C=O) groups excluding carboxylic acids is 1. The van der Waals surface area contributed by atoms with Gasteiger partial charge in [-0.15, -0.1) is 0 Å². The van der Waals surface area contributed by atoms with Gasteiger partial charge in [-0.25, -0.2) is 4.79 Å². The molecule has 1 amide bonds. The molecule has 2 heterocycles. The number of amides is 1. The number of carboxylic acid groups (broad SMARTS) is 2. The van der Waals surface area contributed by atoms with Crippen LogP contribution in [0.4, 0.5) is 0 Å². The molecule has 2 fully saturated rings. The predicted molar refractivity (Wildman–Crippen MR) is 125 cm³/mol. The molecule has 3 rings (SSSR count). The van der Waals surface area contributed by atoms with Crippen molar-refractivity contribution in [2.24, 2.45) is 5.73 Å². The number of rotatable bonds is 13. The van der Waals surface area contributed by atoms with Gasteiger partial charge in [-0.2, -0.15) is 0 Å². The second-order valence-corrected chi connectivity index (χ2v) is 8.58. The number of aliphatic hydroxyl groups is 1. The van der Waals surface area contributed by atoms with Crippen LogP contribution in [0.1, 0.15) is 44.1 Å². The molecule has 4 atom stereocenters. The summed E-state index contributed by atoms with van der Waals surface area (Å²) in [5, 5.41) is 30.1. The highest BCUT2D eigenvalue weighted by molar-refractivity contribution is 5.88. The number of nitrogens with one attached hydrogen (secondary N) is 1. The highest BCUT2D eigenvalue weighted by atomic mass is 16.6. The summed E-state index contributed by atoms with van der Waals surface area (Å²) in [6, 6.07) is 7.10. The molecule has 0 radical (unpaired) electrons. The molecule has 10 nitrogen and oxygen atoms in total. The van der Waals surface area contributed by atoms with Gasteiger partial charge < -0.3 is 30.7 Å². The number of aliphatic carboxylic acids is 2. The Labute approximate surface area is 200 Å². The third-order valence-corrected chi connectivity index (χ3v) is 5.94. The van der Waals surface area contributed by atoms with Crippen LogP contribution in [0, 0.1) is 0 Å². The largest absolute Gasteiger partial charge is 0.480 e. The van der Waals surface area contributed by atoms with E-state index in [4.69, 9.17) is 10.8 Å². The Hall–Kier alpha value is -2.53. The average Bonchev–Trinajstić information content (AvgIpc) is 3.55. The van der Waals surface area contributed by atoms with E-state index in [-0.39, 0.29) is 18.6 Å². The van der Waals surface area contributed by atoms with Gasteiger partial charge in [0.05, 0.1) is 19.3 Å². The van der Waals surface area contributed by atoms with E-state index < -0.39 is 30.1 Å².